The Bertz CT molecular complexity index is 579. The SMILES string of the molecule is C[C@@H]1CN(C(=O)c2cc(F)c(Cl)cc2Cl)C[C@H]1C(=O)O. The number of carboxylic acid groups (broad SMARTS) is 1. The molecule has 1 heterocycles. The van der Waals surface area contributed by atoms with Crippen molar-refractivity contribution in [1.29, 1.82) is 0 Å². The summed E-state index contributed by atoms with van der Waals surface area (Å²) in [7, 11) is 0. The Labute approximate surface area is 125 Å². The van der Waals surface area contributed by atoms with Gasteiger partial charge in [0.2, 0.25) is 0 Å². The Kier molecular flexibility index (Phi) is 4.20. The average molecular weight is 320 g/mol. The number of hydrogen-bond acceptors (Lipinski definition) is 2. The second-order valence-electron chi connectivity index (χ2n) is 4.88. The highest BCUT2D eigenvalue weighted by Crippen LogP contribution is 2.29. The van der Waals surface area contributed by atoms with Gasteiger partial charge in [0.05, 0.1) is 21.5 Å². The van der Waals surface area contributed by atoms with Crippen LogP contribution in [0.4, 0.5) is 4.39 Å². The average Bonchev–Trinajstić information content (AvgIpc) is 2.75. The number of aliphatic carboxylic acids is 1. The summed E-state index contributed by atoms with van der Waals surface area (Å²) in [6.07, 6.45) is 0. The quantitative estimate of drug-likeness (QED) is 0.853. The van der Waals surface area contributed by atoms with Crippen molar-refractivity contribution in [3.8, 4) is 0 Å². The number of halogens is 3. The molecule has 2 rings (SSSR count). The molecule has 108 valence electrons. The van der Waals surface area contributed by atoms with E-state index in [4.69, 9.17) is 28.3 Å². The van der Waals surface area contributed by atoms with E-state index in [1.807, 2.05) is 0 Å². The Hall–Kier alpha value is -1.33. The van der Waals surface area contributed by atoms with Crippen molar-refractivity contribution in [2.75, 3.05) is 13.1 Å². The molecule has 4 nitrogen and oxygen atoms in total. The van der Waals surface area contributed by atoms with Gasteiger partial charge in [-0.25, -0.2) is 4.39 Å². The van der Waals surface area contributed by atoms with Gasteiger partial charge >= 0.3 is 5.97 Å². The number of amides is 1. The van der Waals surface area contributed by atoms with Gasteiger partial charge in [-0.2, -0.15) is 0 Å². The van der Waals surface area contributed by atoms with Crippen LogP contribution in [-0.4, -0.2) is 35.0 Å². The maximum absolute atomic E-state index is 13.4. The van der Waals surface area contributed by atoms with E-state index in [2.05, 4.69) is 0 Å². The van der Waals surface area contributed by atoms with Gasteiger partial charge in [0.15, 0.2) is 0 Å². The van der Waals surface area contributed by atoms with Gasteiger partial charge in [-0.05, 0) is 18.1 Å². The fourth-order valence-electron chi connectivity index (χ4n) is 2.31. The molecule has 1 amide bonds. The smallest absolute Gasteiger partial charge is 0.308 e. The molecule has 0 aliphatic carbocycles. The van der Waals surface area contributed by atoms with Crippen LogP contribution in [0.15, 0.2) is 12.1 Å². The van der Waals surface area contributed by atoms with Gasteiger partial charge in [0, 0.05) is 13.1 Å². The molecule has 0 radical (unpaired) electrons. The van der Waals surface area contributed by atoms with Crippen molar-refractivity contribution in [1.82, 2.24) is 4.90 Å². The summed E-state index contributed by atoms with van der Waals surface area (Å²) in [5.74, 6) is -2.94. The number of carbonyl (C=O) groups is 2. The molecule has 0 saturated carbocycles. The van der Waals surface area contributed by atoms with Crippen molar-refractivity contribution >= 4 is 35.1 Å². The van der Waals surface area contributed by atoms with E-state index in [0.29, 0.717) is 6.54 Å². The Morgan fingerprint density at radius 3 is 2.50 bits per heavy atom. The number of benzene rings is 1. The van der Waals surface area contributed by atoms with E-state index in [1.165, 1.54) is 11.0 Å². The normalized spacial score (nSPS) is 22.1. The van der Waals surface area contributed by atoms with Crippen LogP contribution < -0.4 is 0 Å². The molecule has 0 bridgehead atoms. The maximum atomic E-state index is 13.4. The summed E-state index contributed by atoms with van der Waals surface area (Å²) >= 11 is 11.5. The van der Waals surface area contributed by atoms with Crippen LogP contribution in [0.1, 0.15) is 17.3 Å². The highest BCUT2D eigenvalue weighted by Gasteiger charge is 2.37. The fourth-order valence-corrected chi connectivity index (χ4v) is 2.77. The molecule has 1 aromatic rings. The molecular weight excluding hydrogens is 308 g/mol. The monoisotopic (exact) mass is 319 g/mol. The third-order valence-corrected chi connectivity index (χ3v) is 4.06. The molecule has 1 aliphatic rings. The Balaban J connectivity index is 2.25. The molecule has 0 unspecified atom stereocenters. The molecule has 1 saturated heterocycles. The molecule has 20 heavy (non-hydrogen) atoms. The van der Waals surface area contributed by atoms with Crippen molar-refractivity contribution in [3.63, 3.8) is 0 Å². The van der Waals surface area contributed by atoms with Crippen molar-refractivity contribution in [2.24, 2.45) is 11.8 Å². The summed E-state index contributed by atoms with van der Waals surface area (Å²) in [5.41, 5.74) is -0.00759. The van der Waals surface area contributed by atoms with Crippen LogP contribution in [-0.2, 0) is 4.79 Å². The van der Waals surface area contributed by atoms with Crippen LogP contribution in [0.5, 0.6) is 0 Å². The number of nitrogens with zero attached hydrogens (tertiary/aromatic N) is 1. The van der Waals surface area contributed by atoms with Gasteiger partial charge in [-0.3, -0.25) is 9.59 Å². The lowest BCUT2D eigenvalue weighted by Crippen LogP contribution is -2.30. The summed E-state index contributed by atoms with van der Waals surface area (Å²) in [5, 5.41) is 8.93. The third-order valence-electron chi connectivity index (χ3n) is 3.46. The van der Waals surface area contributed by atoms with Crippen LogP contribution in [0, 0.1) is 17.7 Å². The van der Waals surface area contributed by atoms with Crippen molar-refractivity contribution < 1.29 is 19.1 Å². The molecule has 0 aromatic heterocycles. The second-order valence-corrected chi connectivity index (χ2v) is 5.69. The van der Waals surface area contributed by atoms with E-state index in [-0.39, 0.29) is 28.1 Å². The van der Waals surface area contributed by atoms with Crippen LogP contribution in [0.2, 0.25) is 10.0 Å². The molecule has 2 atom stereocenters. The van der Waals surface area contributed by atoms with E-state index >= 15 is 0 Å². The summed E-state index contributed by atoms with van der Waals surface area (Å²) < 4.78 is 13.4. The molecule has 1 N–H and O–H groups in total. The summed E-state index contributed by atoms with van der Waals surface area (Å²) in [6.45, 7) is 2.16. The second kappa shape index (κ2) is 5.58. The lowest BCUT2D eigenvalue weighted by molar-refractivity contribution is -0.142. The maximum Gasteiger partial charge on any atom is 0.308 e. The zero-order chi connectivity index (χ0) is 15.0. The minimum absolute atomic E-state index is 0.00759. The van der Waals surface area contributed by atoms with Gasteiger partial charge in [0.25, 0.3) is 5.91 Å². The van der Waals surface area contributed by atoms with Crippen LogP contribution in [0.25, 0.3) is 0 Å². The molecule has 1 aliphatic heterocycles. The lowest BCUT2D eigenvalue weighted by atomic mass is 9.99. The standard InChI is InChI=1S/C13H12Cl2FNO3/c1-6-4-17(5-8(6)13(19)20)12(18)7-2-11(16)10(15)3-9(7)14/h2-3,6,8H,4-5H2,1H3,(H,19,20)/t6-,8-/m1/s1. The van der Waals surface area contributed by atoms with Gasteiger partial charge in [0.1, 0.15) is 5.82 Å². The largest absolute Gasteiger partial charge is 0.481 e. The minimum Gasteiger partial charge on any atom is -0.481 e. The van der Waals surface area contributed by atoms with Gasteiger partial charge in [-0.1, -0.05) is 30.1 Å². The summed E-state index contributed by atoms with van der Waals surface area (Å²) in [6, 6.07) is 2.14. The minimum atomic E-state index is -0.943. The van der Waals surface area contributed by atoms with E-state index < -0.39 is 23.6 Å². The molecule has 1 fully saturated rings. The van der Waals surface area contributed by atoms with E-state index in [1.54, 1.807) is 6.92 Å². The highest BCUT2D eigenvalue weighted by molar-refractivity contribution is 6.36. The molecule has 1 aromatic carbocycles. The number of carboxylic acids is 1. The van der Waals surface area contributed by atoms with Gasteiger partial charge < -0.3 is 10.0 Å². The van der Waals surface area contributed by atoms with Crippen molar-refractivity contribution in [2.45, 2.75) is 6.92 Å². The zero-order valence-electron chi connectivity index (χ0n) is 10.6. The van der Waals surface area contributed by atoms with E-state index in [9.17, 15) is 14.0 Å². The van der Waals surface area contributed by atoms with Crippen molar-refractivity contribution in [3.05, 3.63) is 33.6 Å². The van der Waals surface area contributed by atoms with Crippen LogP contribution >= 0.6 is 23.2 Å². The zero-order valence-corrected chi connectivity index (χ0v) is 12.1. The molecule has 7 heteroatoms. The number of carbonyl (C=O) groups excluding carboxylic acids is 1. The first-order valence-electron chi connectivity index (χ1n) is 5.98. The van der Waals surface area contributed by atoms with Crippen LogP contribution in [0.3, 0.4) is 0 Å². The third kappa shape index (κ3) is 2.74. The first kappa shape index (κ1) is 15.1. The number of rotatable bonds is 2. The number of hydrogen-bond donors (Lipinski definition) is 1. The molecule has 0 spiro atoms. The lowest BCUT2D eigenvalue weighted by Gasteiger charge is -2.17. The predicted octanol–water partition coefficient (Wildman–Crippen LogP) is 2.93. The highest BCUT2D eigenvalue weighted by atomic mass is 35.5. The Morgan fingerprint density at radius 2 is 1.95 bits per heavy atom. The summed E-state index contributed by atoms with van der Waals surface area (Å²) in [4.78, 5) is 24.7. The Morgan fingerprint density at radius 1 is 1.30 bits per heavy atom. The number of likely N-dealkylation sites (tertiary alicyclic amines) is 1. The fraction of sp³-hybridized carbons (Fsp3) is 0.385. The topological polar surface area (TPSA) is 57.6 Å². The first-order valence-corrected chi connectivity index (χ1v) is 6.73. The first-order chi connectivity index (χ1) is 9.31. The van der Waals surface area contributed by atoms with Gasteiger partial charge in [-0.15, -0.1) is 0 Å². The van der Waals surface area contributed by atoms with E-state index in [0.717, 1.165) is 6.07 Å². The predicted molar refractivity (Wildman–Crippen MR) is 72.6 cm³/mol. The molecular formula is C13H12Cl2FNO3.